The third-order valence-electron chi connectivity index (χ3n) is 1.50. The van der Waals surface area contributed by atoms with Crippen LogP contribution in [0.4, 0.5) is 0 Å². The van der Waals surface area contributed by atoms with E-state index in [1.54, 1.807) is 0 Å². The number of rotatable bonds is 2. The zero-order valence-electron chi connectivity index (χ0n) is 6.12. The third-order valence-corrected chi connectivity index (χ3v) is 1.50. The van der Waals surface area contributed by atoms with Crippen LogP contribution in [0, 0.1) is 0 Å². The summed E-state index contributed by atoms with van der Waals surface area (Å²) in [6, 6.07) is 0. The van der Waals surface area contributed by atoms with Crippen LogP contribution in [0.5, 0.6) is 0 Å². The molecule has 0 atom stereocenters. The minimum atomic E-state index is 0.622. The molecule has 0 spiro atoms. The lowest BCUT2D eigenvalue weighted by Crippen LogP contribution is -2.32. The molecule has 3 nitrogen and oxygen atoms in total. The second kappa shape index (κ2) is 4.30. The molecule has 1 fully saturated rings. The Morgan fingerprint density at radius 3 is 2.70 bits per heavy atom. The molecule has 1 rings (SSSR count). The second-order valence-corrected chi connectivity index (χ2v) is 2.27. The molecule has 3 heteroatoms. The Morgan fingerprint density at radius 2 is 2.10 bits per heavy atom. The van der Waals surface area contributed by atoms with E-state index in [1.165, 1.54) is 0 Å². The van der Waals surface area contributed by atoms with Crippen molar-refractivity contribution in [2.24, 2.45) is 5.73 Å². The van der Waals surface area contributed by atoms with Crippen molar-refractivity contribution in [3.05, 3.63) is 12.3 Å². The van der Waals surface area contributed by atoms with Crippen molar-refractivity contribution in [3.8, 4) is 0 Å². The Hall–Kier alpha value is -0.540. The normalized spacial score (nSPS) is 20.3. The van der Waals surface area contributed by atoms with E-state index in [4.69, 9.17) is 10.5 Å². The highest BCUT2D eigenvalue weighted by Gasteiger charge is 2.03. The van der Waals surface area contributed by atoms with Crippen LogP contribution in [-0.2, 0) is 4.74 Å². The van der Waals surface area contributed by atoms with Gasteiger partial charge in [-0.2, -0.15) is 0 Å². The Morgan fingerprint density at radius 1 is 1.40 bits per heavy atom. The average Bonchev–Trinajstić information content (AvgIpc) is 2.03. The molecule has 0 aromatic carbocycles. The highest BCUT2D eigenvalue weighted by Crippen LogP contribution is 1.95. The summed E-state index contributed by atoms with van der Waals surface area (Å²) >= 11 is 0. The lowest BCUT2D eigenvalue weighted by atomic mass is 10.4. The maximum atomic E-state index is 5.30. The van der Waals surface area contributed by atoms with Crippen LogP contribution in [0.25, 0.3) is 0 Å². The number of ether oxygens (including phenoxy) is 1. The number of hydrogen-bond acceptors (Lipinski definition) is 3. The fourth-order valence-electron chi connectivity index (χ4n) is 0.936. The average molecular weight is 142 g/mol. The topological polar surface area (TPSA) is 38.5 Å². The van der Waals surface area contributed by atoms with Crippen molar-refractivity contribution in [3.63, 3.8) is 0 Å². The van der Waals surface area contributed by atoms with Crippen molar-refractivity contribution in [2.45, 2.75) is 0 Å². The molecule has 0 unspecified atom stereocenters. The minimum Gasteiger partial charge on any atom is -0.378 e. The van der Waals surface area contributed by atoms with Gasteiger partial charge in [0.2, 0.25) is 0 Å². The molecule has 0 aliphatic carbocycles. The first-order valence-corrected chi connectivity index (χ1v) is 3.62. The van der Waals surface area contributed by atoms with Gasteiger partial charge in [0.25, 0.3) is 0 Å². The van der Waals surface area contributed by atoms with Crippen LogP contribution in [0.15, 0.2) is 12.3 Å². The van der Waals surface area contributed by atoms with E-state index in [0.717, 1.165) is 26.3 Å². The molecular weight excluding hydrogens is 128 g/mol. The fraction of sp³-hybridized carbons (Fsp3) is 0.714. The zero-order valence-corrected chi connectivity index (χ0v) is 6.12. The van der Waals surface area contributed by atoms with E-state index in [-0.39, 0.29) is 0 Å². The maximum Gasteiger partial charge on any atom is 0.0642 e. The summed E-state index contributed by atoms with van der Waals surface area (Å²) in [7, 11) is 0. The molecule has 0 bridgehead atoms. The standard InChI is InChI=1S/C7H14N2O/c8-2-1-3-9-4-6-10-7-5-9/h1,3H,2,4-8H2. The molecule has 0 aromatic heterocycles. The smallest absolute Gasteiger partial charge is 0.0642 e. The highest BCUT2D eigenvalue weighted by molar-refractivity contribution is 4.84. The van der Waals surface area contributed by atoms with Gasteiger partial charge in [-0.1, -0.05) is 6.08 Å². The molecule has 0 aromatic rings. The van der Waals surface area contributed by atoms with Crippen molar-refractivity contribution in [1.82, 2.24) is 4.90 Å². The van der Waals surface area contributed by atoms with Crippen molar-refractivity contribution < 1.29 is 4.74 Å². The molecule has 1 aliphatic rings. The van der Waals surface area contributed by atoms with Gasteiger partial charge in [0, 0.05) is 19.6 Å². The second-order valence-electron chi connectivity index (χ2n) is 2.27. The third kappa shape index (κ3) is 2.37. The first-order valence-electron chi connectivity index (χ1n) is 3.62. The predicted octanol–water partition coefficient (Wildman–Crippen LogP) is -0.209. The molecule has 1 aliphatic heterocycles. The number of morpholine rings is 1. The van der Waals surface area contributed by atoms with Gasteiger partial charge in [0.15, 0.2) is 0 Å². The van der Waals surface area contributed by atoms with Crippen LogP contribution in [-0.4, -0.2) is 37.7 Å². The quantitative estimate of drug-likeness (QED) is 0.580. The Kier molecular flexibility index (Phi) is 3.26. The predicted molar refractivity (Wildman–Crippen MR) is 40.6 cm³/mol. The summed E-state index contributed by atoms with van der Waals surface area (Å²) in [4.78, 5) is 2.22. The first-order chi connectivity index (χ1) is 4.93. The minimum absolute atomic E-state index is 0.622. The number of nitrogens with two attached hydrogens (primary N) is 1. The molecular formula is C7H14N2O. The van der Waals surface area contributed by atoms with Gasteiger partial charge in [0.1, 0.15) is 0 Å². The van der Waals surface area contributed by atoms with Crippen molar-refractivity contribution in [2.75, 3.05) is 32.8 Å². The Bertz CT molecular complexity index is 108. The summed E-state index contributed by atoms with van der Waals surface area (Å²) in [5, 5.41) is 0. The summed E-state index contributed by atoms with van der Waals surface area (Å²) < 4.78 is 5.17. The van der Waals surface area contributed by atoms with Crippen LogP contribution in [0.2, 0.25) is 0 Å². The lowest BCUT2D eigenvalue weighted by Gasteiger charge is -2.24. The molecule has 1 heterocycles. The lowest BCUT2D eigenvalue weighted by molar-refractivity contribution is 0.0593. The fourth-order valence-corrected chi connectivity index (χ4v) is 0.936. The summed E-state index contributed by atoms with van der Waals surface area (Å²) in [6.07, 6.45) is 4.01. The zero-order chi connectivity index (χ0) is 7.23. The molecule has 0 saturated carbocycles. The van der Waals surface area contributed by atoms with Gasteiger partial charge in [-0.3, -0.25) is 0 Å². The van der Waals surface area contributed by atoms with Gasteiger partial charge in [0.05, 0.1) is 13.2 Å². The SMILES string of the molecule is NCC=CN1CCOCC1. The molecule has 10 heavy (non-hydrogen) atoms. The molecule has 2 N–H and O–H groups in total. The van der Waals surface area contributed by atoms with Gasteiger partial charge >= 0.3 is 0 Å². The molecule has 0 radical (unpaired) electrons. The van der Waals surface area contributed by atoms with E-state index in [0.29, 0.717) is 6.54 Å². The number of nitrogens with zero attached hydrogens (tertiary/aromatic N) is 1. The van der Waals surface area contributed by atoms with Gasteiger partial charge in [-0.15, -0.1) is 0 Å². The van der Waals surface area contributed by atoms with E-state index >= 15 is 0 Å². The van der Waals surface area contributed by atoms with E-state index in [9.17, 15) is 0 Å². The van der Waals surface area contributed by atoms with Gasteiger partial charge < -0.3 is 15.4 Å². The molecule has 0 amide bonds. The number of hydrogen-bond donors (Lipinski definition) is 1. The Labute approximate surface area is 61.4 Å². The van der Waals surface area contributed by atoms with E-state index in [2.05, 4.69) is 4.90 Å². The first kappa shape index (κ1) is 7.57. The maximum absolute atomic E-state index is 5.30. The Balaban J connectivity index is 2.19. The van der Waals surface area contributed by atoms with Crippen molar-refractivity contribution in [1.29, 1.82) is 0 Å². The highest BCUT2D eigenvalue weighted by atomic mass is 16.5. The molecule has 58 valence electrons. The largest absolute Gasteiger partial charge is 0.378 e. The van der Waals surface area contributed by atoms with Crippen LogP contribution in [0.1, 0.15) is 0 Å². The van der Waals surface area contributed by atoms with Crippen LogP contribution >= 0.6 is 0 Å². The molecule has 1 saturated heterocycles. The van der Waals surface area contributed by atoms with Crippen LogP contribution < -0.4 is 5.73 Å². The van der Waals surface area contributed by atoms with Crippen molar-refractivity contribution >= 4 is 0 Å². The summed E-state index contributed by atoms with van der Waals surface area (Å²) in [6.45, 7) is 4.30. The van der Waals surface area contributed by atoms with Gasteiger partial charge in [-0.05, 0) is 6.20 Å². The summed E-state index contributed by atoms with van der Waals surface area (Å²) in [5.74, 6) is 0. The summed E-state index contributed by atoms with van der Waals surface area (Å²) in [5.41, 5.74) is 5.30. The van der Waals surface area contributed by atoms with Crippen LogP contribution in [0.3, 0.4) is 0 Å². The van der Waals surface area contributed by atoms with E-state index < -0.39 is 0 Å². The monoisotopic (exact) mass is 142 g/mol. The van der Waals surface area contributed by atoms with Gasteiger partial charge in [-0.25, -0.2) is 0 Å². The van der Waals surface area contributed by atoms with E-state index in [1.807, 2.05) is 12.3 Å².